The molecule has 2 aromatic rings. The smallest absolute Gasteiger partial charge is 0.143 e. The lowest BCUT2D eigenvalue weighted by molar-refractivity contribution is -0.255. The molecule has 1 heterocycles. The average molecular weight is 287 g/mol. The molecule has 0 atom stereocenters. The van der Waals surface area contributed by atoms with Crippen molar-refractivity contribution in [1.29, 1.82) is 0 Å². The number of benzene rings is 1. The largest absolute Gasteiger partial charge is 0.545 e. The average Bonchev–Trinajstić information content (AvgIpc) is 2.79. The number of carbonyl (C=O) groups is 1. The van der Waals surface area contributed by atoms with Gasteiger partial charge in [0.25, 0.3) is 0 Å². The molecule has 0 radical (unpaired) electrons. The first-order valence-corrected chi connectivity index (χ1v) is 6.93. The molecular weight excluding hydrogens is 268 g/mol. The van der Waals surface area contributed by atoms with Crippen LogP contribution < -0.4 is 10.4 Å². The molecule has 1 aromatic heterocycles. The predicted molar refractivity (Wildman–Crippen MR) is 79.1 cm³/mol. The Morgan fingerprint density at radius 3 is 2.71 bits per heavy atom. The minimum atomic E-state index is -1.28. The molecule has 0 aliphatic heterocycles. The summed E-state index contributed by atoms with van der Waals surface area (Å²) in [6.07, 6.45) is 0.890. The number of aromatic nitrogens is 1. The molecule has 0 aliphatic carbocycles. The second kappa shape index (κ2) is 5.99. The number of aryl methyl sites for hydroxylation is 1. The van der Waals surface area contributed by atoms with Gasteiger partial charge in [-0.25, -0.2) is 0 Å². The summed E-state index contributed by atoms with van der Waals surface area (Å²) in [5.41, 5.74) is 3.03. The first-order chi connectivity index (χ1) is 9.95. The minimum absolute atomic E-state index is 0.00759. The molecule has 5 nitrogen and oxygen atoms in total. The van der Waals surface area contributed by atoms with Crippen LogP contribution in [0.5, 0.6) is 0 Å². The van der Waals surface area contributed by atoms with Crippen LogP contribution in [0.1, 0.15) is 35.5 Å². The van der Waals surface area contributed by atoms with E-state index < -0.39 is 5.97 Å². The van der Waals surface area contributed by atoms with Gasteiger partial charge in [-0.1, -0.05) is 37.2 Å². The van der Waals surface area contributed by atoms with Gasteiger partial charge in [0.15, 0.2) is 0 Å². The van der Waals surface area contributed by atoms with Gasteiger partial charge < -0.3 is 19.7 Å². The van der Waals surface area contributed by atoms with E-state index in [0.29, 0.717) is 17.2 Å². The van der Waals surface area contributed by atoms with Crippen LogP contribution in [0.3, 0.4) is 0 Å². The van der Waals surface area contributed by atoms with Crippen molar-refractivity contribution in [1.82, 2.24) is 5.16 Å². The first-order valence-electron chi connectivity index (χ1n) is 6.93. The van der Waals surface area contributed by atoms with Crippen LogP contribution in [0.15, 0.2) is 22.7 Å². The quantitative estimate of drug-likeness (QED) is 0.912. The number of carbonyl (C=O) groups excluding carboxylic acids is 1. The molecule has 0 saturated heterocycles. The highest BCUT2D eigenvalue weighted by Crippen LogP contribution is 2.34. The van der Waals surface area contributed by atoms with E-state index in [-0.39, 0.29) is 11.3 Å². The number of anilines is 1. The van der Waals surface area contributed by atoms with Crippen molar-refractivity contribution >= 4 is 11.7 Å². The molecule has 0 bridgehead atoms. The maximum absolute atomic E-state index is 11.3. The van der Waals surface area contributed by atoms with Crippen LogP contribution in [0, 0.1) is 12.8 Å². The molecule has 0 amide bonds. The Hall–Kier alpha value is -2.30. The maximum Gasteiger partial charge on any atom is 0.143 e. The van der Waals surface area contributed by atoms with E-state index in [1.54, 1.807) is 6.92 Å². The fraction of sp³-hybridized carbons (Fsp3) is 0.375. The first kappa shape index (κ1) is 15.1. The second-order valence-corrected chi connectivity index (χ2v) is 5.44. The van der Waals surface area contributed by atoms with E-state index in [4.69, 9.17) is 4.52 Å². The Balaban J connectivity index is 2.62. The molecule has 5 heteroatoms. The summed E-state index contributed by atoms with van der Waals surface area (Å²) >= 11 is 0. The van der Waals surface area contributed by atoms with Crippen LogP contribution in [-0.4, -0.2) is 18.2 Å². The van der Waals surface area contributed by atoms with Gasteiger partial charge in [0.1, 0.15) is 11.5 Å². The van der Waals surface area contributed by atoms with E-state index in [9.17, 15) is 9.90 Å². The number of carboxylic acids is 1. The molecular formula is C16H19N2O3-. The SMILES string of the molecule is CNc1c(CC(C)C)cccc1-c1noc(C)c1C(=O)[O-]. The summed E-state index contributed by atoms with van der Waals surface area (Å²) < 4.78 is 5.03. The van der Waals surface area contributed by atoms with Gasteiger partial charge >= 0.3 is 0 Å². The zero-order valence-electron chi connectivity index (χ0n) is 12.7. The van der Waals surface area contributed by atoms with Gasteiger partial charge in [0, 0.05) is 18.3 Å². The second-order valence-electron chi connectivity index (χ2n) is 5.44. The summed E-state index contributed by atoms with van der Waals surface area (Å²) in [5, 5.41) is 18.4. The van der Waals surface area contributed by atoms with Crippen molar-refractivity contribution in [3.63, 3.8) is 0 Å². The van der Waals surface area contributed by atoms with Crippen molar-refractivity contribution in [2.45, 2.75) is 27.2 Å². The van der Waals surface area contributed by atoms with E-state index in [0.717, 1.165) is 17.7 Å². The van der Waals surface area contributed by atoms with E-state index in [1.165, 1.54) is 0 Å². The Morgan fingerprint density at radius 1 is 1.43 bits per heavy atom. The van der Waals surface area contributed by atoms with Crippen molar-refractivity contribution < 1.29 is 14.4 Å². The topological polar surface area (TPSA) is 78.2 Å². The third-order valence-corrected chi connectivity index (χ3v) is 3.35. The number of carboxylic acid groups (broad SMARTS) is 1. The molecule has 0 fully saturated rings. The van der Waals surface area contributed by atoms with Gasteiger partial charge in [-0.3, -0.25) is 0 Å². The Bertz CT molecular complexity index is 660. The Morgan fingerprint density at radius 2 is 2.14 bits per heavy atom. The number of aromatic carboxylic acids is 1. The van der Waals surface area contributed by atoms with Crippen molar-refractivity contribution in [3.05, 3.63) is 35.1 Å². The Kier molecular flexibility index (Phi) is 4.31. The molecule has 0 unspecified atom stereocenters. The lowest BCUT2D eigenvalue weighted by atomic mass is 9.95. The van der Waals surface area contributed by atoms with Crippen LogP contribution in [0.4, 0.5) is 5.69 Å². The van der Waals surface area contributed by atoms with E-state index >= 15 is 0 Å². The molecule has 0 spiro atoms. The third-order valence-electron chi connectivity index (χ3n) is 3.35. The summed E-state index contributed by atoms with van der Waals surface area (Å²) in [7, 11) is 1.81. The number of hydrogen-bond donors (Lipinski definition) is 1. The van der Waals surface area contributed by atoms with Crippen molar-refractivity contribution in [3.8, 4) is 11.3 Å². The van der Waals surface area contributed by atoms with Gasteiger partial charge in [0.05, 0.1) is 11.5 Å². The van der Waals surface area contributed by atoms with E-state index in [2.05, 4.69) is 24.3 Å². The van der Waals surface area contributed by atoms with Crippen LogP contribution >= 0.6 is 0 Å². The highest BCUT2D eigenvalue weighted by atomic mass is 16.5. The molecule has 112 valence electrons. The summed E-state index contributed by atoms with van der Waals surface area (Å²) in [6.45, 7) is 5.84. The zero-order chi connectivity index (χ0) is 15.6. The molecule has 0 aliphatic rings. The number of hydrogen-bond acceptors (Lipinski definition) is 5. The number of nitrogens with one attached hydrogen (secondary N) is 1. The normalized spacial score (nSPS) is 10.9. The standard InChI is InChI=1S/C16H20N2O3/c1-9(2)8-11-6-5-7-12(14(11)17-4)15-13(16(19)20)10(3)21-18-15/h5-7,9,17H,8H2,1-4H3,(H,19,20)/p-1. The van der Waals surface area contributed by atoms with E-state index in [1.807, 2.05) is 25.2 Å². The van der Waals surface area contributed by atoms with Crippen LogP contribution in [0.25, 0.3) is 11.3 Å². The molecule has 1 aromatic carbocycles. The fourth-order valence-electron chi connectivity index (χ4n) is 2.50. The van der Waals surface area contributed by atoms with Gasteiger partial charge in [-0.2, -0.15) is 0 Å². The number of para-hydroxylation sites is 1. The summed E-state index contributed by atoms with van der Waals surface area (Å²) in [4.78, 5) is 11.3. The molecule has 1 N–H and O–H groups in total. The third kappa shape index (κ3) is 2.91. The fourth-order valence-corrected chi connectivity index (χ4v) is 2.50. The van der Waals surface area contributed by atoms with Crippen molar-refractivity contribution in [2.75, 3.05) is 12.4 Å². The lowest BCUT2D eigenvalue weighted by Gasteiger charge is -2.15. The Labute approximate surface area is 124 Å². The number of rotatable bonds is 5. The van der Waals surface area contributed by atoms with Gasteiger partial charge in [-0.15, -0.1) is 0 Å². The lowest BCUT2D eigenvalue weighted by Crippen LogP contribution is -2.23. The zero-order valence-corrected chi connectivity index (χ0v) is 12.7. The maximum atomic E-state index is 11.3. The summed E-state index contributed by atoms with van der Waals surface area (Å²) in [6, 6.07) is 5.76. The number of nitrogens with zero attached hydrogens (tertiary/aromatic N) is 1. The highest BCUT2D eigenvalue weighted by molar-refractivity contribution is 5.96. The van der Waals surface area contributed by atoms with Crippen molar-refractivity contribution in [2.24, 2.45) is 5.92 Å². The van der Waals surface area contributed by atoms with Gasteiger partial charge in [-0.05, 0) is 24.8 Å². The van der Waals surface area contributed by atoms with Crippen LogP contribution in [-0.2, 0) is 6.42 Å². The van der Waals surface area contributed by atoms with Crippen LogP contribution in [0.2, 0.25) is 0 Å². The monoisotopic (exact) mass is 287 g/mol. The highest BCUT2D eigenvalue weighted by Gasteiger charge is 2.19. The summed E-state index contributed by atoms with van der Waals surface area (Å²) in [5.74, 6) is -0.534. The molecule has 21 heavy (non-hydrogen) atoms. The molecule has 0 saturated carbocycles. The van der Waals surface area contributed by atoms with Gasteiger partial charge in [0.2, 0.25) is 0 Å². The molecule has 2 rings (SSSR count). The predicted octanol–water partition coefficient (Wildman–Crippen LogP) is 2.25. The minimum Gasteiger partial charge on any atom is -0.545 e.